The Kier molecular flexibility index (Phi) is 5.12. The van der Waals surface area contributed by atoms with Crippen LogP contribution in [0.4, 0.5) is 10.5 Å². The molecule has 132 valence electrons. The fourth-order valence-electron chi connectivity index (χ4n) is 2.50. The van der Waals surface area contributed by atoms with Crippen LogP contribution in [0, 0.1) is 0 Å². The van der Waals surface area contributed by atoms with Crippen molar-refractivity contribution in [3.8, 4) is 5.75 Å². The minimum absolute atomic E-state index is 0.128. The standard InChI is InChI=1S/C16H19N5O4/c1-24-15(22)13-10-21(20-19-13)7-6-17-16(23)18-12-4-5-14-11(9-12)3-2-8-25-14/h4-5,9-10H,2-3,6-8H2,1H3,(H2,17,18,23). The van der Waals surface area contributed by atoms with Crippen LogP contribution >= 0.6 is 0 Å². The molecule has 9 heteroatoms. The second-order valence-electron chi connectivity index (χ2n) is 5.51. The number of aromatic nitrogens is 3. The normalized spacial score (nSPS) is 12.7. The highest BCUT2D eigenvalue weighted by Gasteiger charge is 2.12. The third kappa shape index (κ3) is 4.25. The number of carbonyl (C=O) groups excluding carboxylic acids is 2. The van der Waals surface area contributed by atoms with E-state index in [2.05, 4.69) is 25.7 Å². The Balaban J connectivity index is 1.46. The molecule has 0 radical (unpaired) electrons. The lowest BCUT2D eigenvalue weighted by atomic mass is 10.1. The maximum absolute atomic E-state index is 12.0. The van der Waals surface area contributed by atoms with Gasteiger partial charge in [0, 0.05) is 12.2 Å². The first kappa shape index (κ1) is 16.7. The van der Waals surface area contributed by atoms with Crippen molar-refractivity contribution in [1.82, 2.24) is 20.3 Å². The quantitative estimate of drug-likeness (QED) is 0.789. The Morgan fingerprint density at radius 3 is 3.12 bits per heavy atom. The first-order valence-corrected chi connectivity index (χ1v) is 7.95. The van der Waals surface area contributed by atoms with E-state index >= 15 is 0 Å². The number of esters is 1. The molecule has 0 atom stereocenters. The number of fused-ring (bicyclic) bond motifs is 1. The molecule has 2 aromatic rings. The molecule has 0 saturated heterocycles. The summed E-state index contributed by atoms with van der Waals surface area (Å²) in [6.07, 6.45) is 3.39. The van der Waals surface area contributed by atoms with Gasteiger partial charge in [0.15, 0.2) is 5.69 Å². The first-order valence-electron chi connectivity index (χ1n) is 7.95. The molecule has 0 bridgehead atoms. The number of benzene rings is 1. The number of hydrogen-bond acceptors (Lipinski definition) is 6. The third-order valence-electron chi connectivity index (χ3n) is 3.73. The minimum atomic E-state index is -0.548. The highest BCUT2D eigenvalue weighted by Crippen LogP contribution is 2.27. The van der Waals surface area contributed by atoms with Crippen LogP contribution in [0.3, 0.4) is 0 Å². The molecule has 1 aromatic heterocycles. The Hall–Kier alpha value is -3.10. The average molecular weight is 345 g/mol. The number of anilines is 1. The monoisotopic (exact) mass is 345 g/mol. The molecule has 25 heavy (non-hydrogen) atoms. The summed E-state index contributed by atoms with van der Waals surface area (Å²) < 4.78 is 11.6. The zero-order valence-corrected chi connectivity index (χ0v) is 13.8. The maximum atomic E-state index is 12.0. The SMILES string of the molecule is COC(=O)c1cn(CCNC(=O)Nc2ccc3c(c2)CCCO3)nn1. The van der Waals surface area contributed by atoms with Crippen LogP contribution in [0.2, 0.25) is 0 Å². The van der Waals surface area contributed by atoms with E-state index < -0.39 is 5.97 Å². The lowest BCUT2D eigenvalue weighted by molar-refractivity contribution is 0.0594. The molecule has 3 rings (SSSR count). The summed E-state index contributed by atoms with van der Waals surface area (Å²) >= 11 is 0. The Morgan fingerprint density at radius 2 is 2.28 bits per heavy atom. The van der Waals surface area contributed by atoms with Gasteiger partial charge < -0.3 is 20.1 Å². The van der Waals surface area contributed by atoms with Crippen molar-refractivity contribution >= 4 is 17.7 Å². The summed E-state index contributed by atoms with van der Waals surface area (Å²) in [5, 5.41) is 13.0. The van der Waals surface area contributed by atoms with Crippen molar-refractivity contribution in [1.29, 1.82) is 0 Å². The number of aryl methyl sites for hydroxylation is 1. The van der Waals surface area contributed by atoms with Crippen LogP contribution in [-0.2, 0) is 17.7 Å². The van der Waals surface area contributed by atoms with Gasteiger partial charge in [-0.05, 0) is 36.6 Å². The van der Waals surface area contributed by atoms with Crippen molar-refractivity contribution in [2.75, 3.05) is 25.6 Å². The summed E-state index contributed by atoms with van der Waals surface area (Å²) in [6.45, 7) is 1.46. The van der Waals surface area contributed by atoms with Gasteiger partial charge in [0.1, 0.15) is 5.75 Å². The van der Waals surface area contributed by atoms with Gasteiger partial charge in [-0.15, -0.1) is 5.10 Å². The van der Waals surface area contributed by atoms with Crippen LogP contribution in [0.1, 0.15) is 22.5 Å². The molecule has 0 spiro atoms. The molecule has 1 aliphatic rings. The van der Waals surface area contributed by atoms with Gasteiger partial charge in [-0.1, -0.05) is 5.21 Å². The number of nitrogens with one attached hydrogen (secondary N) is 2. The zero-order valence-electron chi connectivity index (χ0n) is 13.8. The summed E-state index contributed by atoms with van der Waals surface area (Å²) in [5.41, 5.74) is 1.95. The molecule has 1 aromatic carbocycles. The Morgan fingerprint density at radius 1 is 1.40 bits per heavy atom. The van der Waals surface area contributed by atoms with E-state index in [4.69, 9.17) is 4.74 Å². The van der Waals surface area contributed by atoms with Crippen molar-refractivity contribution in [3.05, 3.63) is 35.7 Å². The van der Waals surface area contributed by atoms with Crippen molar-refractivity contribution in [3.63, 3.8) is 0 Å². The number of urea groups is 1. The lowest BCUT2D eigenvalue weighted by Crippen LogP contribution is -2.31. The Bertz CT molecular complexity index is 774. The van der Waals surface area contributed by atoms with E-state index in [9.17, 15) is 9.59 Å². The number of methoxy groups -OCH3 is 1. The molecule has 0 unspecified atom stereocenters. The number of amides is 2. The molecular formula is C16H19N5O4. The second kappa shape index (κ2) is 7.65. The van der Waals surface area contributed by atoms with Crippen LogP contribution in [0.5, 0.6) is 5.75 Å². The van der Waals surface area contributed by atoms with Crippen molar-refractivity contribution in [2.45, 2.75) is 19.4 Å². The predicted octanol–water partition coefficient (Wildman–Crippen LogP) is 1.21. The van der Waals surface area contributed by atoms with Crippen LogP contribution in [0.15, 0.2) is 24.4 Å². The van der Waals surface area contributed by atoms with Gasteiger partial charge in [0.05, 0.1) is 26.5 Å². The zero-order chi connectivity index (χ0) is 17.6. The number of carbonyl (C=O) groups is 2. The summed E-state index contributed by atoms with van der Waals surface area (Å²) in [4.78, 5) is 23.2. The fourth-order valence-corrected chi connectivity index (χ4v) is 2.50. The fraction of sp³-hybridized carbons (Fsp3) is 0.375. The summed E-state index contributed by atoms with van der Waals surface area (Å²) in [7, 11) is 1.28. The first-order chi connectivity index (χ1) is 12.2. The smallest absolute Gasteiger partial charge is 0.360 e. The molecule has 2 heterocycles. The van der Waals surface area contributed by atoms with Gasteiger partial charge in [0.2, 0.25) is 0 Å². The largest absolute Gasteiger partial charge is 0.493 e. The summed E-state index contributed by atoms with van der Waals surface area (Å²) in [6, 6.07) is 5.29. The van der Waals surface area contributed by atoms with Gasteiger partial charge >= 0.3 is 12.0 Å². The van der Waals surface area contributed by atoms with E-state index in [1.807, 2.05) is 18.2 Å². The molecule has 0 fully saturated rings. The van der Waals surface area contributed by atoms with E-state index in [1.54, 1.807) is 0 Å². The summed E-state index contributed by atoms with van der Waals surface area (Å²) in [5.74, 6) is 0.332. The molecular weight excluding hydrogens is 326 g/mol. The number of hydrogen-bond donors (Lipinski definition) is 2. The highest BCUT2D eigenvalue weighted by molar-refractivity contribution is 5.89. The average Bonchev–Trinajstić information content (AvgIpc) is 3.10. The molecule has 0 saturated carbocycles. The van der Waals surface area contributed by atoms with Gasteiger partial charge in [-0.2, -0.15) is 0 Å². The molecule has 2 N–H and O–H groups in total. The number of nitrogens with zero attached hydrogens (tertiary/aromatic N) is 3. The molecule has 2 amide bonds. The maximum Gasteiger partial charge on any atom is 0.360 e. The van der Waals surface area contributed by atoms with Gasteiger partial charge in [-0.3, -0.25) is 0 Å². The van der Waals surface area contributed by atoms with E-state index in [0.717, 1.165) is 36.4 Å². The predicted molar refractivity (Wildman–Crippen MR) is 88.6 cm³/mol. The highest BCUT2D eigenvalue weighted by atomic mass is 16.5. The molecule has 9 nitrogen and oxygen atoms in total. The van der Waals surface area contributed by atoms with Crippen LogP contribution < -0.4 is 15.4 Å². The van der Waals surface area contributed by atoms with E-state index in [1.165, 1.54) is 18.0 Å². The number of rotatable bonds is 5. The van der Waals surface area contributed by atoms with Gasteiger partial charge in [0.25, 0.3) is 0 Å². The third-order valence-corrected chi connectivity index (χ3v) is 3.73. The number of ether oxygens (including phenoxy) is 2. The van der Waals surface area contributed by atoms with E-state index in [-0.39, 0.29) is 11.7 Å². The molecule has 1 aliphatic heterocycles. The van der Waals surface area contributed by atoms with Gasteiger partial charge in [-0.25, -0.2) is 14.3 Å². The van der Waals surface area contributed by atoms with E-state index in [0.29, 0.717) is 13.1 Å². The van der Waals surface area contributed by atoms with Crippen LogP contribution in [0.25, 0.3) is 0 Å². The van der Waals surface area contributed by atoms with Crippen LogP contribution in [-0.4, -0.2) is 47.3 Å². The van der Waals surface area contributed by atoms with Crippen molar-refractivity contribution < 1.29 is 19.1 Å². The Labute approximate surface area is 144 Å². The second-order valence-corrected chi connectivity index (χ2v) is 5.51. The molecule has 0 aliphatic carbocycles. The minimum Gasteiger partial charge on any atom is -0.493 e. The topological polar surface area (TPSA) is 107 Å². The lowest BCUT2D eigenvalue weighted by Gasteiger charge is -2.18. The van der Waals surface area contributed by atoms with Crippen molar-refractivity contribution in [2.24, 2.45) is 0 Å².